The molecule has 13 heteroatoms. The molecule has 0 radical (unpaired) electrons. The van der Waals surface area contributed by atoms with Gasteiger partial charge in [0.25, 0.3) is 11.8 Å². The molecule has 2 N–H and O–H groups in total. The topological polar surface area (TPSA) is 159 Å². The van der Waals surface area contributed by atoms with E-state index < -0.39 is 11.9 Å². The molecule has 55 heavy (non-hydrogen) atoms. The smallest absolute Gasteiger partial charge is 0.270 e. The highest BCUT2D eigenvalue weighted by molar-refractivity contribution is 6.06. The van der Waals surface area contributed by atoms with Crippen molar-refractivity contribution in [2.45, 2.75) is 64.2 Å². The Morgan fingerprint density at radius 1 is 0.945 bits per heavy atom. The Kier molecular flexibility index (Phi) is 8.56. The predicted octanol–water partition coefficient (Wildman–Crippen LogP) is 4.60. The van der Waals surface area contributed by atoms with Crippen molar-refractivity contribution in [3.8, 4) is 22.5 Å². The third-order valence-electron chi connectivity index (χ3n) is 11.0. The van der Waals surface area contributed by atoms with Crippen LogP contribution in [0.3, 0.4) is 0 Å². The Labute approximate surface area is 316 Å². The maximum Gasteiger partial charge on any atom is 0.270 e. The van der Waals surface area contributed by atoms with Crippen molar-refractivity contribution < 1.29 is 24.0 Å². The second-order valence-electron chi connectivity index (χ2n) is 14.5. The largest absolute Gasteiger partial charge is 0.347 e. The summed E-state index contributed by atoms with van der Waals surface area (Å²) in [5.74, 6) is 0.338. The van der Waals surface area contributed by atoms with Crippen molar-refractivity contribution in [2.24, 2.45) is 0 Å². The molecular weight excluding hydrogens is 697 g/mol. The molecule has 6 heterocycles. The predicted molar refractivity (Wildman–Crippen MR) is 203 cm³/mol. The zero-order valence-electron chi connectivity index (χ0n) is 30.2. The normalized spacial score (nSPS) is 18.1. The van der Waals surface area contributed by atoms with Gasteiger partial charge in [-0.1, -0.05) is 42.5 Å². The van der Waals surface area contributed by atoms with Crippen LogP contribution in [0.25, 0.3) is 39.4 Å². The lowest BCUT2D eigenvalue weighted by atomic mass is 10.0. The third kappa shape index (κ3) is 6.34. The number of rotatable bonds is 8. The number of benzene rings is 2. The number of carbonyl (C=O) groups is 5. The van der Waals surface area contributed by atoms with Crippen molar-refractivity contribution in [3.05, 3.63) is 107 Å². The Hall–Kier alpha value is -6.50. The molecule has 1 aliphatic carbocycles. The number of imidazole rings is 1. The van der Waals surface area contributed by atoms with Gasteiger partial charge in [-0.2, -0.15) is 0 Å². The fourth-order valence-electron chi connectivity index (χ4n) is 7.94. The maximum atomic E-state index is 13.1. The van der Waals surface area contributed by atoms with Gasteiger partial charge in [0, 0.05) is 79.9 Å². The Bertz CT molecular complexity index is 2470. The quantitative estimate of drug-likeness (QED) is 0.219. The van der Waals surface area contributed by atoms with Crippen molar-refractivity contribution in [1.82, 2.24) is 40.0 Å². The highest BCUT2D eigenvalue weighted by atomic mass is 16.2. The first-order valence-corrected chi connectivity index (χ1v) is 18.6. The Balaban J connectivity index is 0.870. The lowest BCUT2D eigenvalue weighted by Gasteiger charge is -2.29. The fourth-order valence-corrected chi connectivity index (χ4v) is 7.94. The van der Waals surface area contributed by atoms with Crippen LogP contribution in [0.15, 0.2) is 73.1 Å². The molecule has 3 aromatic heterocycles. The van der Waals surface area contributed by atoms with Gasteiger partial charge < -0.3 is 19.7 Å². The fraction of sp³-hybridized carbons (Fsp3) is 0.286. The summed E-state index contributed by atoms with van der Waals surface area (Å²) in [6, 6.07) is 16.4. The van der Waals surface area contributed by atoms with Crippen LogP contribution in [0, 0.1) is 0 Å². The summed E-state index contributed by atoms with van der Waals surface area (Å²) in [5, 5.41) is 7.18. The molecular formula is C42H38N8O5. The molecule has 1 saturated heterocycles. The van der Waals surface area contributed by atoms with Crippen LogP contribution in [-0.4, -0.2) is 78.0 Å². The van der Waals surface area contributed by atoms with Gasteiger partial charge >= 0.3 is 0 Å². The number of hydrogen-bond acceptors (Lipinski definition) is 8. The Morgan fingerprint density at radius 2 is 1.78 bits per heavy atom. The second kappa shape index (κ2) is 13.7. The highest BCUT2D eigenvalue weighted by Gasteiger charge is 2.40. The van der Waals surface area contributed by atoms with E-state index in [4.69, 9.17) is 9.97 Å². The summed E-state index contributed by atoms with van der Waals surface area (Å²) in [6.45, 7) is 4.11. The summed E-state index contributed by atoms with van der Waals surface area (Å²) >= 11 is 0. The van der Waals surface area contributed by atoms with Crippen molar-refractivity contribution in [2.75, 3.05) is 13.1 Å². The minimum atomic E-state index is -0.682. The van der Waals surface area contributed by atoms with Crippen LogP contribution in [0.5, 0.6) is 0 Å². The number of pyridine rings is 2. The molecule has 3 aliphatic heterocycles. The van der Waals surface area contributed by atoms with E-state index in [1.807, 2.05) is 41.4 Å². The maximum absolute atomic E-state index is 13.1. The molecule has 5 amide bonds. The van der Waals surface area contributed by atoms with E-state index >= 15 is 0 Å². The van der Waals surface area contributed by atoms with Crippen LogP contribution in [0.1, 0.15) is 82.0 Å². The first-order valence-electron chi connectivity index (χ1n) is 18.6. The van der Waals surface area contributed by atoms with Crippen molar-refractivity contribution in [3.63, 3.8) is 0 Å². The molecule has 276 valence electrons. The second-order valence-corrected chi connectivity index (χ2v) is 14.5. The van der Waals surface area contributed by atoms with E-state index in [0.29, 0.717) is 31.0 Å². The number of fused-ring (bicyclic) bond motifs is 3. The van der Waals surface area contributed by atoms with Crippen LogP contribution in [0.2, 0.25) is 0 Å². The first-order chi connectivity index (χ1) is 26.7. The minimum absolute atomic E-state index is 0.0674. The van der Waals surface area contributed by atoms with Gasteiger partial charge in [-0.25, -0.2) is 4.98 Å². The van der Waals surface area contributed by atoms with E-state index in [9.17, 15) is 24.0 Å². The molecule has 9 rings (SSSR count). The molecule has 0 spiro atoms. The van der Waals surface area contributed by atoms with Crippen molar-refractivity contribution >= 4 is 46.4 Å². The van der Waals surface area contributed by atoms with Gasteiger partial charge in [0.1, 0.15) is 17.6 Å². The monoisotopic (exact) mass is 734 g/mol. The summed E-state index contributed by atoms with van der Waals surface area (Å²) in [5.41, 5.74) is 6.91. The van der Waals surface area contributed by atoms with Gasteiger partial charge in [-0.3, -0.25) is 39.3 Å². The van der Waals surface area contributed by atoms with Gasteiger partial charge in [-0.05, 0) is 60.0 Å². The average molecular weight is 735 g/mol. The number of aromatic nitrogens is 4. The average Bonchev–Trinajstić information content (AvgIpc) is 3.89. The van der Waals surface area contributed by atoms with E-state index in [0.717, 1.165) is 75.3 Å². The minimum Gasteiger partial charge on any atom is -0.347 e. The van der Waals surface area contributed by atoms with Crippen LogP contribution < -0.4 is 10.6 Å². The Morgan fingerprint density at radius 3 is 2.56 bits per heavy atom. The van der Waals surface area contributed by atoms with E-state index in [-0.39, 0.29) is 48.8 Å². The lowest BCUT2D eigenvalue weighted by Crippen LogP contribution is -2.52. The van der Waals surface area contributed by atoms with Crippen molar-refractivity contribution in [1.29, 1.82) is 0 Å². The number of piperidine rings is 1. The molecule has 0 bridgehead atoms. The molecule has 1 unspecified atom stereocenters. The molecule has 5 aromatic rings. The van der Waals surface area contributed by atoms with Gasteiger partial charge in [0.15, 0.2) is 0 Å². The van der Waals surface area contributed by atoms with Crippen LogP contribution in [0.4, 0.5) is 0 Å². The summed E-state index contributed by atoms with van der Waals surface area (Å²) < 4.78 is 2.32. The summed E-state index contributed by atoms with van der Waals surface area (Å²) in [4.78, 5) is 80.3. The van der Waals surface area contributed by atoms with Gasteiger partial charge in [0.05, 0.1) is 23.6 Å². The standard InChI is InChI=1S/C42H38N8O5/c1-24(51)48-17-18-49-36(23-48)38(47-39(49)26-10-11-26)29-8-3-6-27-19-34(45-21-31(27)29)28-12-13-33(44-20-28)40(53)43-16-4-7-25-5-2-9-30-32(25)22-50(42(30)55)35-14-15-37(52)46-41(35)54/h2-9,12-13,19-21,26,35H,10-11,14-18,22-23H2,1H3,(H,43,53)(H,46,52,54)/b7-4+. The zero-order valence-corrected chi connectivity index (χ0v) is 30.2. The molecule has 1 atom stereocenters. The van der Waals surface area contributed by atoms with Crippen LogP contribution >= 0.6 is 0 Å². The molecule has 2 fully saturated rings. The summed E-state index contributed by atoms with van der Waals surface area (Å²) in [7, 11) is 0. The third-order valence-corrected chi connectivity index (χ3v) is 11.0. The van der Waals surface area contributed by atoms with Gasteiger partial charge in [0.2, 0.25) is 17.7 Å². The molecule has 4 aliphatic rings. The number of hydrogen-bond donors (Lipinski definition) is 2. The summed E-state index contributed by atoms with van der Waals surface area (Å²) in [6.07, 6.45) is 9.96. The number of nitrogens with one attached hydrogen (secondary N) is 2. The molecule has 13 nitrogen and oxygen atoms in total. The number of imide groups is 1. The number of amides is 5. The zero-order chi connectivity index (χ0) is 37.8. The molecule has 1 saturated carbocycles. The first kappa shape index (κ1) is 34.3. The van der Waals surface area contributed by atoms with Gasteiger partial charge in [-0.15, -0.1) is 0 Å². The number of nitrogens with zero attached hydrogens (tertiary/aromatic N) is 6. The van der Waals surface area contributed by atoms with E-state index in [1.165, 1.54) is 4.90 Å². The highest BCUT2D eigenvalue weighted by Crippen LogP contribution is 2.43. The molecule has 2 aromatic carbocycles. The lowest BCUT2D eigenvalue weighted by molar-refractivity contribution is -0.137. The van der Waals surface area contributed by atoms with E-state index in [2.05, 4.69) is 32.3 Å². The van der Waals surface area contributed by atoms with Crippen LogP contribution in [-0.2, 0) is 34.0 Å². The number of carbonyl (C=O) groups excluding carboxylic acids is 5. The van der Waals surface area contributed by atoms with E-state index in [1.54, 1.807) is 37.4 Å². The SMILES string of the molecule is CC(=O)N1CCn2c(C3CC3)nc(-c3cccc4cc(-c5ccc(C(=O)NC/C=C/c6cccc7c6CN(C6CCC(=O)NC6=O)C7=O)nc5)ncc34)c2C1.